The van der Waals surface area contributed by atoms with E-state index in [1.165, 1.54) is 13.2 Å². The van der Waals surface area contributed by atoms with Crippen molar-refractivity contribution < 1.29 is 18.7 Å². The summed E-state index contributed by atoms with van der Waals surface area (Å²) in [5.41, 5.74) is 2.83. The van der Waals surface area contributed by atoms with Crippen LogP contribution in [0.15, 0.2) is 88.4 Å². The van der Waals surface area contributed by atoms with Crippen molar-refractivity contribution in [2.75, 3.05) is 23.5 Å². The minimum absolute atomic E-state index is 0.0431. The summed E-state index contributed by atoms with van der Waals surface area (Å²) in [5, 5.41) is 16.2. The van der Waals surface area contributed by atoms with Gasteiger partial charge in [0.05, 0.1) is 30.4 Å². The van der Waals surface area contributed by atoms with E-state index in [1.54, 1.807) is 55.5 Å². The Labute approximate surface area is 230 Å². The second-order valence-corrected chi connectivity index (χ2v) is 9.90. The van der Waals surface area contributed by atoms with Crippen molar-refractivity contribution in [1.29, 1.82) is 5.26 Å². The van der Waals surface area contributed by atoms with Crippen molar-refractivity contribution >= 4 is 40.7 Å². The SMILES string of the molecule is COc1cccc(NC(=O)CSC2=C(C#N)[C@H](c3ccccc3F)C(C(=O)Nc3ccccc3C)C(C)=N2)c1. The molecule has 1 unspecified atom stereocenters. The summed E-state index contributed by atoms with van der Waals surface area (Å²) in [6, 6.07) is 22.5. The summed E-state index contributed by atoms with van der Waals surface area (Å²) in [7, 11) is 1.54. The van der Waals surface area contributed by atoms with Crippen molar-refractivity contribution in [3.63, 3.8) is 0 Å². The van der Waals surface area contributed by atoms with Gasteiger partial charge in [0.1, 0.15) is 16.6 Å². The maximum absolute atomic E-state index is 15.1. The molecule has 0 fully saturated rings. The molecule has 7 nitrogen and oxygen atoms in total. The number of methoxy groups -OCH3 is 1. The third kappa shape index (κ3) is 6.36. The minimum atomic E-state index is -0.925. The minimum Gasteiger partial charge on any atom is -0.497 e. The number of carbonyl (C=O) groups excluding carboxylic acids is 2. The summed E-state index contributed by atoms with van der Waals surface area (Å²) in [4.78, 5) is 30.8. The third-order valence-electron chi connectivity index (χ3n) is 6.34. The Morgan fingerprint density at radius 2 is 1.79 bits per heavy atom. The lowest BCUT2D eigenvalue weighted by Crippen LogP contribution is -2.37. The van der Waals surface area contributed by atoms with Crippen LogP contribution in [0.5, 0.6) is 5.75 Å². The number of thioether (sulfide) groups is 1. The van der Waals surface area contributed by atoms with E-state index < -0.39 is 23.6 Å². The van der Waals surface area contributed by atoms with E-state index in [0.717, 1.165) is 17.3 Å². The molecule has 2 atom stereocenters. The first-order valence-electron chi connectivity index (χ1n) is 12.2. The van der Waals surface area contributed by atoms with Gasteiger partial charge < -0.3 is 15.4 Å². The molecule has 198 valence electrons. The molecule has 1 aliphatic heterocycles. The van der Waals surface area contributed by atoms with Crippen LogP contribution in [0, 0.1) is 30.0 Å². The molecule has 2 amide bonds. The van der Waals surface area contributed by atoms with Crippen LogP contribution in [0.1, 0.15) is 24.0 Å². The second kappa shape index (κ2) is 12.4. The highest BCUT2D eigenvalue weighted by molar-refractivity contribution is 8.03. The highest BCUT2D eigenvalue weighted by Crippen LogP contribution is 2.43. The second-order valence-electron chi connectivity index (χ2n) is 8.93. The molecular weight excluding hydrogens is 515 g/mol. The monoisotopic (exact) mass is 542 g/mol. The van der Waals surface area contributed by atoms with Gasteiger partial charge in [-0.25, -0.2) is 9.38 Å². The van der Waals surface area contributed by atoms with E-state index in [9.17, 15) is 14.9 Å². The first kappa shape index (κ1) is 27.6. The largest absolute Gasteiger partial charge is 0.497 e. The summed E-state index contributed by atoms with van der Waals surface area (Å²) < 4.78 is 20.3. The number of hydrogen-bond donors (Lipinski definition) is 2. The number of anilines is 2. The molecule has 0 radical (unpaired) electrons. The van der Waals surface area contributed by atoms with E-state index >= 15 is 4.39 Å². The standard InChI is InChI=1S/C30H27FN4O3S/c1-18-9-4-7-14-25(18)35-29(37)27-19(2)33-30(23(16-32)28(27)22-12-5-6-13-24(22)31)39-17-26(36)34-20-10-8-11-21(15-20)38-3/h4-15,27-28H,17H2,1-3H3,(H,34,36)(H,35,37)/t27?,28-/m0/s1. The molecule has 0 aliphatic carbocycles. The van der Waals surface area contributed by atoms with Crippen molar-refractivity contribution in [3.8, 4) is 11.8 Å². The number of carbonyl (C=O) groups is 2. The summed E-state index contributed by atoms with van der Waals surface area (Å²) in [6.45, 7) is 3.55. The van der Waals surface area contributed by atoms with Crippen LogP contribution in [0.2, 0.25) is 0 Å². The third-order valence-corrected chi connectivity index (χ3v) is 7.33. The lowest BCUT2D eigenvalue weighted by atomic mass is 9.76. The molecule has 2 N–H and O–H groups in total. The van der Waals surface area contributed by atoms with Crippen molar-refractivity contribution in [2.24, 2.45) is 10.9 Å². The number of para-hydroxylation sites is 1. The molecule has 3 aromatic carbocycles. The van der Waals surface area contributed by atoms with E-state index in [0.29, 0.717) is 22.8 Å². The number of allylic oxidation sites excluding steroid dienone is 1. The molecule has 1 heterocycles. The van der Waals surface area contributed by atoms with E-state index in [1.807, 2.05) is 25.1 Å². The first-order chi connectivity index (χ1) is 18.8. The van der Waals surface area contributed by atoms with E-state index in [-0.39, 0.29) is 27.8 Å². The summed E-state index contributed by atoms with van der Waals surface area (Å²) >= 11 is 1.07. The molecule has 4 rings (SSSR count). The van der Waals surface area contributed by atoms with Crippen LogP contribution in [0.25, 0.3) is 0 Å². The number of ether oxygens (including phenoxy) is 1. The zero-order valence-corrected chi connectivity index (χ0v) is 22.5. The predicted molar refractivity (Wildman–Crippen MR) is 152 cm³/mol. The van der Waals surface area contributed by atoms with Crippen molar-refractivity contribution in [3.05, 3.63) is 100 Å². The van der Waals surface area contributed by atoms with Gasteiger partial charge >= 0.3 is 0 Å². The molecule has 0 saturated carbocycles. The fourth-order valence-corrected chi connectivity index (χ4v) is 5.29. The Balaban J connectivity index is 1.64. The van der Waals surface area contributed by atoms with Crippen LogP contribution >= 0.6 is 11.8 Å². The van der Waals surface area contributed by atoms with Crippen LogP contribution < -0.4 is 15.4 Å². The topological polar surface area (TPSA) is 104 Å². The Morgan fingerprint density at radius 3 is 2.51 bits per heavy atom. The van der Waals surface area contributed by atoms with Gasteiger partial charge in [0, 0.05) is 29.1 Å². The van der Waals surface area contributed by atoms with Gasteiger partial charge in [0.2, 0.25) is 11.8 Å². The highest BCUT2D eigenvalue weighted by atomic mass is 32.2. The Bertz CT molecular complexity index is 1510. The van der Waals surface area contributed by atoms with Crippen LogP contribution in [0.3, 0.4) is 0 Å². The molecule has 9 heteroatoms. The van der Waals surface area contributed by atoms with Crippen molar-refractivity contribution in [1.82, 2.24) is 0 Å². The van der Waals surface area contributed by atoms with Gasteiger partial charge in [-0.2, -0.15) is 5.26 Å². The average Bonchev–Trinajstić information content (AvgIpc) is 2.93. The number of rotatable bonds is 8. The first-order valence-corrected chi connectivity index (χ1v) is 13.2. The quantitative estimate of drug-likeness (QED) is 0.360. The average molecular weight is 543 g/mol. The molecule has 3 aromatic rings. The number of aliphatic imine (C=N–C) groups is 1. The lowest BCUT2D eigenvalue weighted by Gasteiger charge is -2.31. The number of benzene rings is 3. The van der Waals surface area contributed by atoms with Gasteiger partial charge in [0.25, 0.3) is 0 Å². The highest BCUT2D eigenvalue weighted by Gasteiger charge is 2.40. The molecule has 0 bridgehead atoms. The Hall–Kier alpha value is -4.42. The molecule has 0 saturated heterocycles. The molecule has 39 heavy (non-hydrogen) atoms. The summed E-state index contributed by atoms with van der Waals surface area (Å²) in [6.07, 6.45) is 0. The number of amides is 2. The van der Waals surface area contributed by atoms with E-state index in [2.05, 4.69) is 21.7 Å². The van der Waals surface area contributed by atoms with Gasteiger partial charge in [-0.15, -0.1) is 0 Å². The van der Waals surface area contributed by atoms with Crippen LogP contribution in [-0.4, -0.2) is 30.4 Å². The lowest BCUT2D eigenvalue weighted by molar-refractivity contribution is -0.118. The van der Waals surface area contributed by atoms with Gasteiger partial charge in [-0.05, 0) is 49.2 Å². The maximum atomic E-state index is 15.1. The number of halogens is 1. The normalized spacial score (nSPS) is 16.6. The number of nitrogens with zero attached hydrogens (tertiary/aromatic N) is 2. The fourth-order valence-electron chi connectivity index (χ4n) is 4.42. The predicted octanol–water partition coefficient (Wildman–Crippen LogP) is 6.06. The smallest absolute Gasteiger partial charge is 0.234 e. The maximum Gasteiger partial charge on any atom is 0.234 e. The summed E-state index contributed by atoms with van der Waals surface area (Å²) in [5.74, 6) is -2.52. The number of nitrogens with one attached hydrogen (secondary N) is 2. The Morgan fingerprint density at radius 1 is 1.05 bits per heavy atom. The fraction of sp³-hybridized carbons (Fsp3) is 0.200. The zero-order valence-electron chi connectivity index (χ0n) is 21.7. The van der Waals surface area contributed by atoms with Gasteiger partial charge in [0.15, 0.2) is 0 Å². The molecular formula is C30H27FN4O3S. The zero-order chi connectivity index (χ0) is 27.9. The van der Waals surface area contributed by atoms with Crippen LogP contribution in [-0.2, 0) is 9.59 Å². The number of aryl methyl sites for hydroxylation is 1. The number of hydrogen-bond acceptors (Lipinski definition) is 6. The van der Waals surface area contributed by atoms with E-state index in [4.69, 9.17) is 4.74 Å². The van der Waals surface area contributed by atoms with Crippen LogP contribution in [0.4, 0.5) is 15.8 Å². The molecule has 0 aromatic heterocycles. The van der Waals surface area contributed by atoms with Gasteiger partial charge in [-0.1, -0.05) is 54.2 Å². The van der Waals surface area contributed by atoms with Gasteiger partial charge in [-0.3, -0.25) is 9.59 Å². The number of nitriles is 1. The molecule has 0 spiro atoms. The molecule has 1 aliphatic rings. The van der Waals surface area contributed by atoms with Crippen molar-refractivity contribution in [2.45, 2.75) is 19.8 Å². The Kier molecular flexibility index (Phi) is 8.79.